The van der Waals surface area contributed by atoms with Crippen molar-refractivity contribution in [3.05, 3.63) is 54.1 Å². The van der Waals surface area contributed by atoms with Crippen LogP contribution in [-0.2, 0) is 66.4 Å². The van der Waals surface area contributed by atoms with Gasteiger partial charge in [0, 0.05) is 71.5 Å². The zero-order chi connectivity index (χ0) is 57.2. The van der Waals surface area contributed by atoms with Gasteiger partial charge in [-0.1, -0.05) is 56.3 Å². The van der Waals surface area contributed by atoms with Crippen LogP contribution in [0.2, 0.25) is 0 Å². The van der Waals surface area contributed by atoms with E-state index < -0.39 is 168 Å². The summed E-state index contributed by atoms with van der Waals surface area (Å²) in [5.41, 5.74) is -9.63. The maximum Gasteiger partial charge on any atom is 0.331 e. The number of aliphatic hydroxyl groups excluding tert-OH is 3. The molecule has 79 heavy (non-hydrogen) atoms. The zero-order valence-corrected chi connectivity index (χ0v) is 47.5. The number of carbonyl (C=O) groups excluding carboxylic acids is 1. The largest absolute Gasteiger partial charge is 0.458 e. The molecule has 7 N–H and O–H groups in total. The molecule has 1 aromatic rings. The number of hydrogen-bond donors (Lipinski definition) is 7. The molecular weight excluding hydrogens is 1030 g/mol. The Labute approximate surface area is 463 Å². The van der Waals surface area contributed by atoms with E-state index in [9.17, 15) is 40.5 Å². The highest BCUT2D eigenvalue weighted by Gasteiger charge is 2.82. The molecule has 7 fully saturated rings. The van der Waals surface area contributed by atoms with Gasteiger partial charge in [-0.15, -0.1) is 0 Å². The highest BCUT2D eigenvalue weighted by Crippen LogP contribution is 2.71. The van der Waals surface area contributed by atoms with E-state index in [0.717, 1.165) is 5.56 Å². The van der Waals surface area contributed by atoms with Gasteiger partial charge in [-0.3, -0.25) is 0 Å². The van der Waals surface area contributed by atoms with Gasteiger partial charge in [-0.25, -0.2) is 4.79 Å². The molecule has 8 aliphatic rings. The third-order valence-electron chi connectivity index (χ3n) is 20.0. The Morgan fingerprint density at radius 3 is 1.73 bits per heavy atom. The van der Waals surface area contributed by atoms with Crippen molar-refractivity contribution in [2.24, 2.45) is 16.7 Å². The summed E-state index contributed by atoms with van der Waals surface area (Å²) in [6, 6.07) is 9.21. The summed E-state index contributed by atoms with van der Waals surface area (Å²) < 4.78 is 80.8. The van der Waals surface area contributed by atoms with Gasteiger partial charge < -0.3 is 97.3 Å². The maximum atomic E-state index is 13.7. The summed E-state index contributed by atoms with van der Waals surface area (Å²) in [7, 11) is 6.18. The Bertz CT molecular complexity index is 2290. The summed E-state index contributed by atoms with van der Waals surface area (Å²) in [6.07, 6.45) is -7.51. The van der Waals surface area contributed by atoms with Gasteiger partial charge in [0.1, 0.15) is 59.5 Å². The lowest BCUT2D eigenvalue weighted by Crippen LogP contribution is -2.80. The first-order valence-corrected chi connectivity index (χ1v) is 28.3. The molecule has 4 heterocycles. The lowest BCUT2D eigenvalue weighted by molar-refractivity contribution is -0.356. The minimum absolute atomic E-state index is 0.0282. The second-order valence-electron chi connectivity index (χ2n) is 24.2. The van der Waals surface area contributed by atoms with E-state index in [-0.39, 0.29) is 32.1 Å². The monoisotopic (exact) mass is 1120 g/mol. The minimum Gasteiger partial charge on any atom is -0.458 e. The molecule has 446 valence electrons. The summed E-state index contributed by atoms with van der Waals surface area (Å²) in [4.78, 5) is 13.7. The van der Waals surface area contributed by atoms with Crippen LogP contribution in [-0.4, -0.2) is 215 Å². The topological polar surface area (TPSA) is 279 Å². The maximum absolute atomic E-state index is 13.7. The Balaban J connectivity index is 0.821. The molecule has 1 aromatic carbocycles. The second kappa shape index (κ2) is 23.5. The number of hydrogen-bond acceptors (Lipinski definition) is 21. The van der Waals surface area contributed by atoms with Crippen molar-refractivity contribution in [1.29, 1.82) is 0 Å². The standard InChI is InChI=1S/C58H88O21/c1-30-46(61)51(70-11)47(62)52(74-30)79-50-33(4)73-45(27-39(50)69-10)78-49-32(3)72-44(26-38(49)68-9)77-48-31(2)71-43(25-37(48)67-8)75-36-19-20-53(6)40-28-41(76-42(60)18-17-35-15-13-12-14-16-35)54(7)56(64,34(5)59)23-24-58(54,66)57(40,65)22-21-55(53,63)29-36/h12-18,21-22,30-34,36-41,43-52,59,61-66H,19-20,23-29H2,1-11H3/b18-17+/t30-,31-,32-,33-,34?,36+,37+,38+,39-,40-,41-,43+,44+,45+,46-,47-,48-,49-,50-,51-,52+,53-,54-,55-,56-,57+,58-/m1/s1. The lowest BCUT2D eigenvalue weighted by Gasteiger charge is -2.68. The third kappa shape index (κ3) is 10.6. The molecule has 27 atom stereocenters. The second-order valence-corrected chi connectivity index (χ2v) is 24.2. The number of benzene rings is 1. The van der Waals surface area contributed by atoms with Crippen LogP contribution in [0.1, 0.15) is 112 Å². The predicted octanol–water partition coefficient (Wildman–Crippen LogP) is 2.97. The predicted molar refractivity (Wildman–Crippen MR) is 279 cm³/mol. The normalized spacial score (nSPS) is 50.4. The summed E-state index contributed by atoms with van der Waals surface area (Å²) in [5.74, 6) is -1.58. The molecule has 9 rings (SSSR count). The van der Waals surface area contributed by atoms with Crippen LogP contribution < -0.4 is 0 Å². The molecule has 1 unspecified atom stereocenters. The number of aliphatic hydroxyl groups is 7. The average molecular weight is 1120 g/mol. The molecule has 21 nitrogen and oxygen atoms in total. The minimum atomic E-state index is -2.09. The van der Waals surface area contributed by atoms with Crippen LogP contribution in [0.15, 0.2) is 48.6 Å². The smallest absolute Gasteiger partial charge is 0.331 e. The molecule has 3 saturated carbocycles. The van der Waals surface area contributed by atoms with E-state index >= 15 is 0 Å². The molecule has 4 aliphatic heterocycles. The van der Waals surface area contributed by atoms with Crippen LogP contribution in [0.5, 0.6) is 0 Å². The van der Waals surface area contributed by atoms with Crippen LogP contribution in [0.3, 0.4) is 0 Å². The fourth-order valence-electron chi connectivity index (χ4n) is 15.2. The van der Waals surface area contributed by atoms with Crippen LogP contribution >= 0.6 is 0 Å². The first kappa shape index (κ1) is 61.0. The summed E-state index contributed by atoms with van der Waals surface area (Å²) in [5, 5.41) is 83.6. The van der Waals surface area contributed by atoms with Crippen molar-refractivity contribution in [2.75, 3.05) is 28.4 Å². The van der Waals surface area contributed by atoms with E-state index in [1.807, 2.05) is 58.0 Å². The number of rotatable bonds is 16. The van der Waals surface area contributed by atoms with Gasteiger partial charge in [-0.05, 0) is 78.4 Å². The van der Waals surface area contributed by atoms with E-state index in [1.54, 1.807) is 47.3 Å². The Hall–Kier alpha value is -2.59. The summed E-state index contributed by atoms with van der Waals surface area (Å²) >= 11 is 0. The van der Waals surface area contributed by atoms with E-state index in [0.29, 0.717) is 25.7 Å². The van der Waals surface area contributed by atoms with Gasteiger partial charge in [0.15, 0.2) is 25.2 Å². The van der Waals surface area contributed by atoms with Crippen molar-refractivity contribution in [2.45, 2.75) is 251 Å². The Morgan fingerprint density at radius 2 is 1.20 bits per heavy atom. The van der Waals surface area contributed by atoms with E-state index in [4.69, 9.17) is 61.6 Å². The van der Waals surface area contributed by atoms with Crippen molar-refractivity contribution in [1.82, 2.24) is 0 Å². The number of methoxy groups -OCH3 is 4. The Kier molecular flexibility index (Phi) is 18.1. The van der Waals surface area contributed by atoms with Gasteiger partial charge in [0.2, 0.25) is 0 Å². The van der Waals surface area contributed by atoms with Crippen LogP contribution in [0.25, 0.3) is 6.08 Å². The molecule has 0 amide bonds. The highest BCUT2D eigenvalue weighted by atomic mass is 16.8. The average Bonchev–Trinajstić information content (AvgIpc) is 3.21. The molecule has 4 aliphatic carbocycles. The van der Waals surface area contributed by atoms with Crippen molar-refractivity contribution < 1.29 is 102 Å². The van der Waals surface area contributed by atoms with Crippen LogP contribution in [0.4, 0.5) is 0 Å². The molecule has 21 heteroatoms. The molecule has 4 saturated heterocycles. The van der Waals surface area contributed by atoms with Gasteiger partial charge in [-0.2, -0.15) is 0 Å². The van der Waals surface area contributed by atoms with Gasteiger partial charge in [0.25, 0.3) is 0 Å². The first-order chi connectivity index (χ1) is 37.3. The third-order valence-corrected chi connectivity index (χ3v) is 20.0. The first-order valence-electron chi connectivity index (χ1n) is 28.3. The highest BCUT2D eigenvalue weighted by molar-refractivity contribution is 5.87. The van der Waals surface area contributed by atoms with Gasteiger partial charge in [0.05, 0.1) is 66.0 Å². The van der Waals surface area contributed by atoms with E-state index in [2.05, 4.69) is 0 Å². The fraction of sp³-hybridized carbons (Fsp3) is 0.810. The van der Waals surface area contributed by atoms with Gasteiger partial charge >= 0.3 is 5.97 Å². The molecule has 0 radical (unpaired) electrons. The van der Waals surface area contributed by atoms with Crippen molar-refractivity contribution in [3.63, 3.8) is 0 Å². The van der Waals surface area contributed by atoms with Crippen LogP contribution in [0, 0.1) is 16.7 Å². The van der Waals surface area contributed by atoms with Crippen molar-refractivity contribution >= 4 is 12.0 Å². The Morgan fingerprint density at radius 1 is 0.658 bits per heavy atom. The van der Waals surface area contributed by atoms with E-state index in [1.165, 1.54) is 26.2 Å². The molecule has 0 bridgehead atoms. The quantitative estimate of drug-likeness (QED) is 0.0712. The number of ether oxygens (including phenoxy) is 13. The SMILES string of the molecule is CO[C@H]1[C@@H](O)[C@H](O[C@@H]2[C@@H](C)O[C@@H](O[C@H]3[C@@H](OC)C[C@H](O[C@H]4[C@@H](OC)C[C@H](O[C@H]5CC[C@]6(C)[C@H]7C[C@@H](OC(=O)/C=C/c8ccccc8)[C@@]8(C)[C@](O)(CC[C@@]8(O)C(C)O)[C@]7(O)C=C[C@@]6(O)C5)O[C@@H]4C)O[C@@H]3C)C[C@H]2OC)O[C@H](C)[C@H]1O. The molecule has 0 aromatic heterocycles. The number of esters is 1. The number of fused-ring (bicyclic) bond motifs is 5. The number of carbonyl (C=O) groups is 1. The van der Waals surface area contributed by atoms with Crippen molar-refractivity contribution in [3.8, 4) is 0 Å². The molecule has 0 spiro atoms. The molecular formula is C58H88O21. The fourth-order valence-corrected chi connectivity index (χ4v) is 15.2. The summed E-state index contributed by atoms with van der Waals surface area (Å²) in [6.45, 7) is 12.2. The lowest BCUT2D eigenvalue weighted by atomic mass is 9.41. The zero-order valence-electron chi connectivity index (χ0n) is 47.5.